The number of hydrogen-bond donors (Lipinski definition) is 3. The van der Waals surface area contributed by atoms with Crippen molar-refractivity contribution < 1.29 is 19.8 Å². The van der Waals surface area contributed by atoms with Gasteiger partial charge in [-0.1, -0.05) is 43.7 Å². The molecular weight excluding hydrogens is 306 g/mol. The lowest BCUT2D eigenvalue weighted by Gasteiger charge is -2.42. The topological polar surface area (TPSA) is 86.6 Å². The number of carboxylic acids is 1. The molecule has 134 valence electrons. The maximum Gasteiger partial charge on any atom is 0.321 e. The minimum atomic E-state index is -1.95. The van der Waals surface area contributed by atoms with E-state index in [2.05, 4.69) is 5.32 Å². The lowest BCUT2D eigenvalue weighted by Crippen LogP contribution is -2.63. The zero-order valence-electron chi connectivity index (χ0n) is 15.2. The normalized spacial score (nSPS) is 16.8. The summed E-state index contributed by atoms with van der Waals surface area (Å²) in [4.78, 5) is 24.8. The predicted octanol–water partition coefficient (Wildman–Crippen LogP) is 2.77. The van der Waals surface area contributed by atoms with E-state index >= 15 is 0 Å². The van der Waals surface area contributed by atoms with Gasteiger partial charge < -0.3 is 15.5 Å². The predicted molar refractivity (Wildman–Crippen MR) is 93.6 cm³/mol. The molecule has 0 heterocycles. The van der Waals surface area contributed by atoms with Gasteiger partial charge in [0.15, 0.2) is 5.41 Å². The molecule has 24 heavy (non-hydrogen) atoms. The highest BCUT2D eigenvalue weighted by Crippen LogP contribution is 2.39. The minimum absolute atomic E-state index is 0.0992. The molecule has 2 unspecified atom stereocenters. The van der Waals surface area contributed by atoms with Crippen LogP contribution in [0.1, 0.15) is 53.0 Å². The van der Waals surface area contributed by atoms with Gasteiger partial charge >= 0.3 is 5.97 Å². The Balaban J connectivity index is 3.33. The highest BCUT2D eigenvalue weighted by Gasteiger charge is 2.57. The van der Waals surface area contributed by atoms with E-state index in [1.54, 1.807) is 20.8 Å². The minimum Gasteiger partial charge on any atom is -0.480 e. The molecule has 0 aliphatic rings. The summed E-state index contributed by atoms with van der Waals surface area (Å²) in [6, 6.07) is 9.16. The second-order valence-electron chi connectivity index (χ2n) is 7.58. The van der Waals surface area contributed by atoms with Crippen LogP contribution >= 0.6 is 0 Å². The van der Waals surface area contributed by atoms with Crippen LogP contribution in [0.2, 0.25) is 0 Å². The molecule has 0 radical (unpaired) electrons. The van der Waals surface area contributed by atoms with Crippen molar-refractivity contribution in [3.05, 3.63) is 35.9 Å². The number of aliphatic hydroxyl groups is 1. The molecule has 5 heteroatoms. The average Bonchev–Trinajstić information content (AvgIpc) is 2.45. The molecule has 0 fully saturated rings. The van der Waals surface area contributed by atoms with Gasteiger partial charge in [0.25, 0.3) is 0 Å². The van der Waals surface area contributed by atoms with Gasteiger partial charge in [0.05, 0.1) is 5.60 Å². The van der Waals surface area contributed by atoms with E-state index in [9.17, 15) is 19.8 Å². The highest BCUT2D eigenvalue weighted by atomic mass is 16.4. The van der Waals surface area contributed by atoms with Gasteiger partial charge in [-0.25, -0.2) is 0 Å². The molecule has 0 aliphatic carbocycles. The Morgan fingerprint density at radius 3 is 2.04 bits per heavy atom. The van der Waals surface area contributed by atoms with Gasteiger partial charge in [-0.15, -0.1) is 0 Å². The van der Waals surface area contributed by atoms with Gasteiger partial charge in [-0.2, -0.15) is 0 Å². The average molecular weight is 335 g/mol. The molecule has 5 nitrogen and oxygen atoms in total. The van der Waals surface area contributed by atoms with Crippen LogP contribution in [0.5, 0.6) is 0 Å². The van der Waals surface area contributed by atoms with E-state index in [4.69, 9.17) is 0 Å². The Bertz CT molecular complexity index is 579. The fourth-order valence-electron chi connectivity index (χ4n) is 2.84. The Hall–Kier alpha value is -1.88. The first kappa shape index (κ1) is 20.2. The van der Waals surface area contributed by atoms with Crippen molar-refractivity contribution in [2.24, 2.45) is 5.41 Å². The van der Waals surface area contributed by atoms with E-state index in [1.807, 2.05) is 37.3 Å². The van der Waals surface area contributed by atoms with Gasteiger partial charge in [0, 0.05) is 12.0 Å². The van der Waals surface area contributed by atoms with Crippen molar-refractivity contribution in [2.75, 3.05) is 0 Å². The Morgan fingerprint density at radius 1 is 1.08 bits per heavy atom. The number of hydrogen-bond acceptors (Lipinski definition) is 3. The maximum atomic E-state index is 12.8. The first-order valence-corrected chi connectivity index (χ1v) is 8.28. The Kier molecular flexibility index (Phi) is 6.17. The molecule has 3 N–H and O–H groups in total. The van der Waals surface area contributed by atoms with Crippen molar-refractivity contribution >= 4 is 11.9 Å². The van der Waals surface area contributed by atoms with Crippen LogP contribution in [0.15, 0.2) is 30.3 Å². The third-order valence-electron chi connectivity index (χ3n) is 4.30. The number of benzene rings is 1. The number of rotatable bonds is 7. The number of aliphatic carboxylic acids is 1. The number of carboxylic acid groups (broad SMARTS) is 1. The first-order chi connectivity index (χ1) is 11.0. The van der Waals surface area contributed by atoms with Crippen molar-refractivity contribution in [1.29, 1.82) is 0 Å². The summed E-state index contributed by atoms with van der Waals surface area (Å²) >= 11 is 0. The van der Waals surface area contributed by atoms with Crippen LogP contribution in [-0.2, 0) is 16.0 Å². The molecule has 1 aromatic rings. The summed E-state index contributed by atoms with van der Waals surface area (Å²) in [7, 11) is 0. The van der Waals surface area contributed by atoms with E-state index < -0.39 is 28.4 Å². The zero-order valence-corrected chi connectivity index (χ0v) is 15.2. The number of carbonyl (C=O) groups is 2. The van der Waals surface area contributed by atoms with Crippen molar-refractivity contribution in [1.82, 2.24) is 5.32 Å². The maximum absolute atomic E-state index is 12.8. The van der Waals surface area contributed by atoms with Gasteiger partial charge in [0.2, 0.25) is 5.91 Å². The summed E-state index contributed by atoms with van der Waals surface area (Å²) in [5.74, 6) is -1.99. The quantitative estimate of drug-likeness (QED) is 0.669. The van der Waals surface area contributed by atoms with Crippen LogP contribution in [0.25, 0.3) is 0 Å². The standard InChI is InChI=1S/C19H29NO4/c1-6-12-19(24,13-14-10-8-7-9-11-14)18(5,16(22)23)15(21)20-17(2,3)4/h7-11,24H,6,12-13H2,1-5H3,(H,20,21)(H,22,23). The largest absolute Gasteiger partial charge is 0.480 e. The zero-order chi connectivity index (χ0) is 18.6. The Labute approximate surface area is 144 Å². The summed E-state index contributed by atoms with van der Waals surface area (Å²) < 4.78 is 0. The van der Waals surface area contributed by atoms with Crippen molar-refractivity contribution in [3.8, 4) is 0 Å². The summed E-state index contributed by atoms with van der Waals surface area (Å²) in [6.07, 6.45) is 0.874. The van der Waals surface area contributed by atoms with Crippen LogP contribution in [0, 0.1) is 5.41 Å². The molecule has 1 amide bonds. The SMILES string of the molecule is CCCC(O)(Cc1ccccc1)C(C)(C(=O)O)C(=O)NC(C)(C)C. The third kappa shape index (κ3) is 4.35. The molecule has 0 saturated carbocycles. The van der Waals surface area contributed by atoms with Crippen molar-refractivity contribution in [3.63, 3.8) is 0 Å². The van der Waals surface area contributed by atoms with E-state index in [-0.39, 0.29) is 12.8 Å². The molecule has 0 spiro atoms. The molecule has 0 saturated heterocycles. The number of nitrogens with one attached hydrogen (secondary N) is 1. The fraction of sp³-hybridized carbons (Fsp3) is 0.579. The number of amides is 1. The third-order valence-corrected chi connectivity index (χ3v) is 4.30. The summed E-state index contributed by atoms with van der Waals surface area (Å²) in [5.41, 5.74) is -3.44. The molecule has 0 aliphatic heterocycles. The second kappa shape index (κ2) is 7.34. The molecule has 1 aromatic carbocycles. The van der Waals surface area contributed by atoms with Crippen LogP contribution in [0.3, 0.4) is 0 Å². The van der Waals surface area contributed by atoms with E-state index in [0.29, 0.717) is 6.42 Å². The van der Waals surface area contributed by atoms with Gasteiger partial charge in [-0.05, 0) is 39.7 Å². The second-order valence-corrected chi connectivity index (χ2v) is 7.58. The number of carbonyl (C=O) groups excluding carboxylic acids is 1. The monoisotopic (exact) mass is 335 g/mol. The smallest absolute Gasteiger partial charge is 0.321 e. The summed E-state index contributed by atoms with van der Waals surface area (Å²) in [5, 5.41) is 23.8. The lowest BCUT2D eigenvalue weighted by molar-refractivity contribution is -0.176. The molecule has 1 rings (SSSR count). The van der Waals surface area contributed by atoms with E-state index in [0.717, 1.165) is 5.56 Å². The van der Waals surface area contributed by atoms with Crippen LogP contribution in [-0.4, -0.2) is 33.2 Å². The first-order valence-electron chi connectivity index (χ1n) is 8.28. The van der Waals surface area contributed by atoms with Gasteiger partial charge in [0.1, 0.15) is 0 Å². The summed E-state index contributed by atoms with van der Waals surface area (Å²) in [6.45, 7) is 8.52. The van der Waals surface area contributed by atoms with Crippen molar-refractivity contribution in [2.45, 2.75) is 65.0 Å². The molecule has 0 bridgehead atoms. The molecule has 2 atom stereocenters. The molecular formula is C19H29NO4. The molecule has 0 aromatic heterocycles. The highest BCUT2D eigenvalue weighted by molar-refractivity contribution is 6.03. The lowest BCUT2D eigenvalue weighted by atomic mass is 9.67. The Morgan fingerprint density at radius 2 is 1.62 bits per heavy atom. The fourth-order valence-corrected chi connectivity index (χ4v) is 2.84. The van der Waals surface area contributed by atoms with E-state index in [1.165, 1.54) is 6.92 Å². The van der Waals surface area contributed by atoms with Crippen LogP contribution in [0.4, 0.5) is 0 Å². The van der Waals surface area contributed by atoms with Gasteiger partial charge in [-0.3, -0.25) is 9.59 Å². The van der Waals surface area contributed by atoms with Crippen LogP contribution < -0.4 is 5.32 Å².